The molecule has 2 aliphatic heterocycles. The van der Waals surface area contributed by atoms with Gasteiger partial charge in [0.25, 0.3) is 0 Å². The van der Waals surface area contributed by atoms with Crippen molar-refractivity contribution in [3.05, 3.63) is 0 Å². The molecular weight excluding hydrogens is 489 g/mol. The molecule has 2 aliphatic rings. The standard InChI is InChI=1S/C23H47N5O.HI/c1-4-24-23(25-13-7-5-8-14-27-15-9-6-10-16-27)26-22-11-17-28(18-12-22)19-20-29-21(2)3;/h21-22H,4-20H2,1-3H3,(H2,24,25,26);1H. The van der Waals surface area contributed by atoms with Crippen molar-refractivity contribution >= 4 is 29.9 Å². The topological polar surface area (TPSA) is 52.1 Å². The fraction of sp³-hybridized carbons (Fsp3) is 0.957. The fourth-order valence-corrected chi connectivity index (χ4v) is 4.23. The Kier molecular flexibility index (Phi) is 16.2. The third kappa shape index (κ3) is 12.7. The molecule has 0 spiro atoms. The van der Waals surface area contributed by atoms with E-state index in [1.54, 1.807) is 0 Å². The lowest BCUT2D eigenvalue weighted by atomic mass is 10.1. The minimum absolute atomic E-state index is 0. The lowest BCUT2D eigenvalue weighted by Gasteiger charge is -2.33. The minimum Gasteiger partial charge on any atom is -0.377 e. The van der Waals surface area contributed by atoms with Gasteiger partial charge in [-0.3, -0.25) is 4.99 Å². The molecular formula is C23H48IN5O. The molecule has 2 rings (SSSR count). The van der Waals surface area contributed by atoms with Gasteiger partial charge < -0.3 is 25.2 Å². The largest absolute Gasteiger partial charge is 0.377 e. The van der Waals surface area contributed by atoms with E-state index in [2.05, 4.69) is 41.2 Å². The van der Waals surface area contributed by atoms with Crippen molar-refractivity contribution in [1.29, 1.82) is 0 Å². The molecule has 6 nitrogen and oxygen atoms in total. The van der Waals surface area contributed by atoms with Gasteiger partial charge in [0, 0.05) is 38.8 Å². The second kappa shape index (κ2) is 17.4. The molecule has 0 amide bonds. The maximum atomic E-state index is 5.69. The summed E-state index contributed by atoms with van der Waals surface area (Å²) in [6, 6.07) is 0.536. The average molecular weight is 538 g/mol. The monoisotopic (exact) mass is 537 g/mol. The number of nitrogens with one attached hydrogen (secondary N) is 2. The Morgan fingerprint density at radius 1 is 0.967 bits per heavy atom. The minimum atomic E-state index is 0. The molecule has 0 radical (unpaired) electrons. The van der Waals surface area contributed by atoms with Gasteiger partial charge in [0.2, 0.25) is 0 Å². The van der Waals surface area contributed by atoms with Gasteiger partial charge in [-0.15, -0.1) is 24.0 Å². The zero-order valence-corrected chi connectivity index (χ0v) is 22.2. The smallest absolute Gasteiger partial charge is 0.191 e. The van der Waals surface area contributed by atoms with Gasteiger partial charge in [-0.25, -0.2) is 0 Å². The van der Waals surface area contributed by atoms with E-state index in [1.807, 2.05) is 0 Å². The van der Waals surface area contributed by atoms with E-state index >= 15 is 0 Å². The second-order valence-corrected chi connectivity index (χ2v) is 8.90. The highest BCUT2D eigenvalue weighted by molar-refractivity contribution is 14.0. The third-order valence-corrected chi connectivity index (χ3v) is 5.98. The first-order chi connectivity index (χ1) is 14.2. The third-order valence-electron chi connectivity index (χ3n) is 5.98. The molecule has 0 aromatic heterocycles. The molecule has 2 N–H and O–H groups in total. The van der Waals surface area contributed by atoms with Gasteiger partial charge in [0.05, 0.1) is 12.7 Å². The summed E-state index contributed by atoms with van der Waals surface area (Å²) in [5.41, 5.74) is 0. The Bertz CT molecular complexity index is 435. The van der Waals surface area contributed by atoms with Crippen LogP contribution in [0.25, 0.3) is 0 Å². The molecule has 0 aromatic rings. The normalized spacial score (nSPS) is 19.7. The predicted molar refractivity (Wildman–Crippen MR) is 139 cm³/mol. The van der Waals surface area contributed by atoms with E-state index in [4.69, 9.17) is 9.73 Å². The molecule has 0 atom stereocenters. The highest BCUT2D eigenvalue weighted by Gasteiger charge is 2.19. The first kappa shape index (κ1) is 27.9. The lowest BCUT2D eigenvalue weighted by Crippen LogP contribution is -2.49. The van der Waals surface area contributed by atoms with Crippen LogP contribution in [0.15, 0.2) is 4.99 Å². The first-order valence-electron chi connectivity index (χ1n) is 12.3. The van der Waals surface area contributed by atoms with Crippen molar-refractivity contribution in [1.82, 2.24) is 20.4 Å². The lowest BCUT2D eigenvalue weighted by molar-refractivity contribution is 0.0532. The Morgan fingerprint density at radius 2 is 1.67 bits per heavy atom. The van der Waals surface area contributed by atoms with Gasteiger partial charge in [-0.05, 0) is 78.9 Å². The zero-order valence-electron chi connectivity index (χ0n) is 19.8. The summed E-state index contributed by atoms with van der Waals surface area (Å²) in [6.07, 6.45) is 10.7. The summed E-state index contributed by atoms with van der Waals surface area (Å²) in [5, 5.41) is 7.09. The fourth-order valence-electron chi connectivity index (χ4n) is 4.23. The van der Waals surface area contributed by atoms with E-state index in [9.17, 15) is 0 Å². The SMILES string of the molecule is CCNC(=NCCCCCN1CCCCC1)NC1CCN(CCOC(C)C)CC1.I. The van der Waals surface area contributed by atoms with Crippen molar-refractivity contribution in [3.63, 3.8) is 0 Å². The van der Waals surface area contributed by atoms with Crippen molar-refractivity contribution in [2.75, 3.05) is 59.0 Å². The summed E-state index contributed by atoms with van der Waals surface area (Å²) < 4.78 is 5.69. The van der Waals surface area contributed by atoms with Crippen LogP contribution in [-0.2, 0) is 4.74 Å². The predicted octanol–water partition coefficient (Wildman–Crippen LogP) is 3.71. The van der Waals surface area contributed by atoms with Crippen LogP contribution in [-0.4, -0.2) is 86.9 Å². The number of guanidine groups is 1. The Labute approximate surface area is 203 Å². The van der Waals surface area contributed by atoms with Crippen molar-refractivity contribution < 1.29 is 4.74 Å². The Morgan fingerprint density at radius 3 is 2.33 bits per heavy atom. The Hall–Kier alpha value is -0.120. The molecule has 0 saturated carbocycles. The number of aliphatic imine (C=N–C) groups is 1. The van der Waals surface area contributed by atoms with E-state index < -0.39 is 0 Å². The van der Waals surface area contributed by atoms with E-state index in [0.29, 0.717) is 12.1 Å². The molecule has 2 heterocycles. The van der Waals surface area contributed by atoms with Crippen LogP contribution in [0.1, 0.15) is 72.1 Å². The van der Waals surface area contributed by atoms with Crippen LogP contribution < -0.4 is 10.6 Å². The molecule has 0 aromatic carbocycles. The summed E-state index contributed by atoms with van der Waals surface area (Å²) >= 11 is 0. The Balaban J connectivity index is 0.00000450. The van der Waals surface area contributed by atoms with E-state index in [0.717, 1.165) is 45.3 Å². The highest BCUT2D eigenvalue weighted by Crippen LogP contribution is 2.11. The van der Waals surface area contributed by atoms with Crippen LogP contribution in [0.5, 0.6) is 0 Å². The summed E-state index contributed by atoms with van der Waals surface area (Å²) in [7, 11) is 0. The number of rotatable bonds is 12. The number of unbranched alkanes of at least 4 members (excludes halogenated alkanes) is 2. The molecule has 178 valence electrons. The molecule has 30 heavy (non-hydrogen) atoms. The zero-order chi connectivity index (χ0) is 20.7. The average Bonchev–Trinajstić information content (AvgIpc) is 2.72. The summed E-state index contributed by atoms with van der Waals surface area (Å²) in [4.78, 5) is 9.99. The molecule has 7 heteroatoms. The van der Waals surface area contributed by atoms with E-state index in [-0.39, 0.29) is 24.0 Å². The van der Waals surface area contributed by atoms with Crippen LogP contribution in [0.3, 0.4) is 0 Å². The highest BCUT2D eigenvalue weighted by atomic mass is 127. The summed E-state index contributed by atoms with van der Waals surface area (Å²) in [5.74, 6) is 1.00. The number of hydrogen-bond donors (Lipinski definition) is 2. The molecule has 0 aliphatic carbocycles. The molecule has 0 bridgehead atoms. The summed E-state index contributed by atoms with van der Waals surface area (Å²) in [6.45, 7) is 16.3. The number of nitrogens with zero attached hydrogens (tertiary/aromatic N) is 3. The van der Waals surface area contributed by atoms with Crippen LogP contribution in [0, 0.1) is 0 Å². The number of ether oxygens (including phenoxy) is 1. The van der Waals surface area contributed by atoms with Crippen molar-refractivity contribution in [3.8, 4) is 0 Å². The van der Waals surface area contributed by atoms with Crippen LogP contribution >= 0.6 is 24.0 Å². The maximum Gasteiger partial charge on any atom is 0.191 e. The van der Waals surface area contributed by atoms with Gasteiger partial charge in [-0.2, -0.15) is 0 Å². The number of hydrogen-bond acceptors (Lipinski definition) is 4. The number of halogens is 1. The van der Waals surface area contributed by atoms with Gasteiger partial charge >= 0.3 is 0 Å². The molecule has 0 unspecified atom stereocenters. The molecule has 2 fully saturated rings. The molecule has 2 saturated heterocycles. The van der Waals surface area contributed by atoms with Gasteiger partial charge in [0.1, 0.15) is 0 Å². The van der Waals surface area contributed by atoms with Crippen LogP contribution in [0.4, 0.5) is 0 Å². The maximum absolute atomic E-state index is 5.69. The van der Waals surface area contributed by atoms with Crippen molar-refractivity contribution in [2.45, 2.75) is 84.3 Å². The van der Waals surface area contributed by atoms with E-state index in [1.165, 1.54) is 71.0 Å². The van der Waals surface area contributed by atoms with Gasteiger partial charge in [-0.1, -0.05) is 12.8 Å². The van der Waals surface area contributed by atoms with Crippen molar-refractivity contribution in [2.24, 2.45) is 4.99 Å². The van der Waals surface area contributed by atoms with Gasteiger partial charge in [0.15, 0.2) is 5.96 Å². The van der Waals surface area contributed by atoms with Crippen LogP contribution in [0.2, 0.25) is 0 Å². The first-order valence-corrected chi connectivity index (χ1v) is 12.3. The number of likely N-dealkylation sites (tertiary alicyclic amines) is 2. The second-order valence-electron chi connectivity index (χ2n) is 8.90. The number of piperidine rings is 2. The quantitative estimate of drug-likeness (QED) is 0.172.